The Bertz CT molecular complexity index is 1260. The average Bonchev–Trinajstić information content (AvgIpc) is 3.05. The number of hydrogen-bond donors (Lipinski definition) is 1. The van der Waals surface area contributed by atoms with E-state index in [-0.39, 0.29) is 11.9 Å². The summed E-state index contributed by atoms with van der Waals surface area (Å²) in [4.78, 5) is 29.5. The van der Waals surface area contributed by atoms with Crippen LogP contribution in [0.15, 0.2) is 84.9 Å². The number of unbranched alkanes of at least 4 members (excludes halogenated alkanes) is 2. The Kier molecular flexibility index (Phi) is 12.0. The zero-order valence-corrected chi connectivity index (χ0v) is 26.5. The molecule has 1 aliphatic heterocycles. The maximum atomic E-state index is 14.0. The molecule has 0 bridgehead atoms. The highest BCUT2D eigenvalue weighted by Gasteiger charge is 2.43. The standard InChI is InChI=1S/C37H48N2O5/c1-4-43-34(40)18-12-7-13-29-44-33-21-19-30(20-22-33)36(42)23-26-39(27-24-36)28-25-37(35(41)38(2)3,31-14-8-5-9-15-31)32-16-10-6-11-17-32/h5-6,8-11,14-17,19-22,42H,4,7,12-13,18,23-29H2,1-3H3. The van der Waals surface area contributed by atoms with Crippen LogP contribution in [0.25, 0.3) is 0 Å². The van der Waals surface area contributed by atoms with Crippen molar-refractivity contribution in [2.75, 3.05) is 46.9 Å². The number of ether oxygens (including phenoxy) is 2. The summed E-state index contributed by atoms with van der Waals surface area (Å²) >= 11 is 0. The molecule has 4 rings (SSSR count). The number of nitrogens with zero attached hydrogens (tertiary/aromatic N) is 2. The van der Waals surface area contributed by atoms with E-state index in [2.05, 4.69) is 29.2 Å². The minimum atomic E-state index is -0.891. The Morgan fingerprint density at radius 2 is 1.45 bits per heavy atom. The highest BCUT2D eigenvalue weighted by atomic mass is 16.5. The fourth-order valence-corrected chi connectivity index (χ4v) is 6.23. The van der Waals surface area contributed by atoms with Crippen molar-refractivity contribution < 1.29 is 24.2 Å². The van der Waals surface area contributed by atoms with E-state index in [1.807, 2.05) is 81.7 Å². The van der Waals surface area contributed by atoms with Crippen LogP contribution in [0.1, 0.15) is 68.6 Å². The first-order valence-corrected chi connectivity index (χ1v) is 15.9. The van der Waals surface area contributed by atoms with Crippen molar-refractivity contribution in [2.24, 2.45) is 0 Å². The second-order valence-corrected chi connectivity index (χ2v) is 11.9. The Hall–Kier alpha value is -3.68. The van der Waals surface area contributed by atoms with E-state index >= 15 is 0 Å². The van der Waals surface area contributed by atoms with Crippen LogP contribution >= 0.6 is 0 Å². The van der Waals surface area contributed by atoms with Gasteiger partial charge in [-0.05, 0) is 80.8 Å². The van der Waals surface area contributed by atoms with E-state index in [0.29, 0.717) is 38.9 Å². The van der Waals surface area contributed by atoms with Crippen LogP contribution < -0.4 is 4.74 Å². The maximum Gasteiger partial charge on any atom is 0.305 e. The lowest BCUT2D eigenvalue weighted by Gasteiger charge is -2.41. The summed E-state index contributed by atoms with van der Waals surface area (Å²) in [7, 11) is 3.66. The summed E-state index contributed by atoms with van der Waals surface area (Å²) in [5, 5.41) is 11.6. The molecule has 1 saturated heterocycles. The van der Waals surface area contributed by atoms with Crippen LogP contribution in [0, 0.1) is 0 Å². The fourth-order valence-electron chi connectivity index (χ4n) is 6.23. The number of likely N-dealkylation sites (tertiary alicyclic amines) is 1. The molecule has 3 aromatic carbocycles. The highest BCUT2D eigenvalue weighted by molar-refractivity contribution is 5.92. The summed E-state index contributed by atoms with van der Waals surface area (Å²) in [6.45, 7) is 5.07. The molecule has 0 aromatic heterocycles. The molecule has 1 heterocycles. The monoisotopic (exact) mass is 600 g/mol. The molecule has 7 heteroatoms. The smallest absolute Gasteiger partial charge is 0.305 e. The van der Waals surface area contributed by atoms with Gasteiger partial charge in [0.25, 0.3) is 0 Å². The Morgan fingerprint density at radius 3 is 2.00 bits per heavy atom. The van der Waals surface area contributed by atoms with E-state index < -0.39 is 11.0 Å². The zero-order chi connectivity index (χ0) is 31.4. The van der Waals surface area contributed by atoms with Gasteiger partial charge in [0.1, 0.15) is 11.2 Å². The molecule has 1 fully saturated rings. The lowest BCUT2D eigenvalue weighted by molar-refractivity contribution is -0.143. The van der Waals surface area contributed by atoms with Gasteiger partial charge in [0, 0.05) is 33.6 Å². The molecule has 1 aliphatic rings. The molecule has 0 atom stereocenters. The number of carbonyl (C=O) groups excluding carboxylic acids is 2. The summed E-state index contributed by atoms with van der Waals surface area (Å²) < 4.78 is 10.8. The molecule has 44 heavy (non-hydrogen) atoms. The van der Waals surface area contributed by atoms with E-state index in [9.17, 15) is 14.7 Å². The molecule has 1 amide bonds. The van der Waals surface area contributed by atoms with Crippen molar-refractivity contribution in [3.8, 4) is 5.75 Å². The van der Waals surface area contributed by atoms with Gasteiger partial charge in [0.05, 0.1) is 18.8 Å². The second kappa shape index (κ2) is 15.9. The number of benzene rings is 3. The molecule has 1 N–H and O–H groups in total. The molecule has 7 nitrogen and oxygen atoms in total. The average molecular weight is 601 g/mol. The molecule has 0 unspecified atom stereocenters. The van der Waals surface area contributed by atoms with E-state index in [4.69, 9.17) is 9.47 Å². The van der Waals surface area contributed by atoms with Crippen molar-refractivity contribution in [1.29, 1.82) is 0 Å². The molecular formula is C37H48N2O5. The lowest BCUT2D eigenvalue weighted by atomic mass is 9.70. The minimum absolute atomic E-state index is 0.0717. The number of rotatable bonds is 15. The molecule has 0 spiro atoms. The van der Waals surface area contributed by atoms with Gasteiger partial charge in [-0.2, -0.15) is 0 Å². The van der Waals surface area contributed by atoms with Crippen molar-refractivity contribution in [3.63, 3.8) is 0 Å². The lowest BCUT2D eigenvalue weighted by Crippen LogP contribution is -2.48. The van der Waals surface area contributed by atoms with Crippen molar-refractivity contribution in [1.82, 2.24) is 9.80 Å². The summed E-state index contributed by atoms with van der Waals surface area (Å²) in [6.07, 6.45) is 4.93. The Balaban J connectivity index is 1.34. The van der Waals surface area contributed by atoms with Crippen LogP contribution in [0.3, 0.4) is 0 Å². The minimum Gasteiger partial charge on any atom is -0.494 e. The van der Waals surface area contributed by atoms with Crippen molar-refractivity contribution in [2.45, 2.75) is 62.9 Å². The van der Waals surface area contributed by atoms with Crippen molar-refractivity contribution in [3.05, 3.63) is 102 Å². The number of piperidine rings is 1. The third-order valence-corrected chi connectivity index (χ3v) is 8.78. The van der Waals surface area contributed by atoms with Crippen molar-refractivity contribution >= 4 is 11.9 Å². The number of aliphatic hydroxyl groups is 1. The molecule has 0 radical (unpaired) electrons. The fraction of sp³-hybridized carbons (Fsp3) is 0.459. The van der Waals surface area contributed by atoms with Gasteiger partial charge in [0.2, 0.25) is 5.91 Å². The van der Waals surface area contributed by atoms with Crippen LogP contribution in [0.4, 0.5) is 0 Å². The maximum absolute atomic E-state index is 14.0. The first-order chi connectivity index (χ1) is 21.3. The molecular weight excluding hydrogens is 552 g/mol. The quantitative estimate of drug-likeness (QED) is 0.172. The zero-order valence-electron chi connectivity index (χ0n) is 26.5. The van der Waals surface area contributed by atoms with E-state index in [0.717, 1.165) is 61.3 Å². The largest absolute Gasteiger partial charge is 0.494 e. The SMILES string of the molecule is CCOC(=O)CCCCCOc1ccc(C2(O)CCN(CCC(C(=O)N(C)C)(c3ccccc3)c3ccccc3)CC2)cc1. The van der Waals surface area contributed by atoms with Crippen LogP contribution in [-0.2, 0) is 25.3 Å². The first-order valence-electron chi connectivity index (χ1n) is 15.9. The van der Waals surface area contributed by atoms with Crippen LogP contribution in [-0.4, -0.2) is 73.7 Å². The predicted molar refractivity (Wildman–Crippen MR) is 174 cm³/mol. The number of likely N-dealkylation sites (N-methyl/N-ethyl adjacent to an activating group) is 1. The molecule has 0 aliphatic carbocycles. The normalized spacial score (nSPS) is 15.0. The van der Waals surface area contributed by atoms with Gasteiger partial charge >= 0.3 is 5.97 Å². The van der Waals surface area contributed by atoms with Gasteiger partial charge in [-0.25, -0.2) is 0 Å². The number of amides is 1. The summed E-state index contributed by atoms with van der Waals surface area (Å²) in [6, 6.07) is 28.0. The molecule has 3 aromatic rings. The molecule has 0 saturated carbocycles. The third kappa shape index (κ3) is 8.27. The highest BCUT2D eigenvalue weighted by Crippen LogP contribution is 2.39. The Labute approximate surface area is 262 Å². The predicted octanol–water partition coefficient (Wildman–Crippen LogP) is 5.94. The van der Waals surface area contributed by atoms with Gasteiger partial charge in [0.15, 0.2) is 0 Å². The second-order valence-electron chi connectivity index (χ2n) is 11.9. The third-order valence-electron chi connectivity index (χ3n) is 8.78. The van der Waals surface area contributed by atoms with Gasteiger partial charge < -0.3 is 24.4 Å². The topological polar surface area (TPSA) is 79.3 Å². The number of esters is 1. The van der Waals surface area contributed by atoms with Gasteiger partial charge in [-0.1, -0.05) is 72.8 Å². The molecule has 236 valence electrons. The first kappa shape index (κ1) is 33.2. The van der Waals surface area contributed by atoms with Gasteiger partial charge in [-0.15, -0.1) is 0 Å². The summed E-state index contributed by atoms with van der Waals surface area (Å²) in [5.41, 5.74) is 1.22. The van der Waals surface area contributed by atoms with E-state index in [1.165, 1.54) is 0 Å². The summed E-state index contributed by atoms with van der Waals surface area (Å²) in [5.74, 6) is 0.714. The number of carbonyl (C=O) groups is 2. The van der Waals surface area contributed by atoms with Crippen LogP contribution in [0.2, 0.25) is 0 Å². The van der Waals surface area contributed by atoms with E-state index in [1.54, 1.807) is 4.90 Å². The van der Waals surface area contributed by atoms with Crippen LogP contribution in [0.5, 0.6) is 5.75 Å². The van der Waals surface area contributed by atoms with Gasteiger partial charge in [-0.3, -0.25) is 9.59 Å². The number of hydrogen-bond acceptors (Lipinski definition) is 6. The Morgan fingerprint density at radius 1 is 0.864 bits per heavy atom.